The summed E-state index contributed by atoms with van der Waals surface area (Å²) in [4.78, 5) is 20.0. The number of nitrogens with one attached hydrogen (secondary N) is 3. The summed E-state index contributed by atoms with van der Waals surface area (Å²) >= 11 is 0. The molecule has 0 unspecified atom stereocenters. The number of rotatable bonds is 8. The van der Waals surface area contributed by atoms with E-state index >= 15 is 0 Å². The fraction of sp³-hybridized carbons (Fsp3) is 0.143. The second-order valence-corrected chi connectivity index (χ2v) is 6.41. The third kappa shape index (κ3) is 6.56. The van der Waals surface area contributed by atoms with Gasteiger partial charge >= 0.3 is 6.18 Å². The summed E-state index contributed by atoms with van der Waals surface area (Å²) < 4.78 is 45.5. The van der Waals surface area contributed by atoms with Crippen molar-refractivity contribution in [3.05, 3.63) is 77.9 Å². The van der Waals surface area contributed by atoms with Crippen LogP contribution in [0, 0.1) is 5.41 Å². The van der Waals surface area contributed by atoms with E-state index < -0.39 is 17.8 Å². The van der Waals surface area contributed by atoms with Gasteiger partial charge in [0.2, 0.25) is 5.88 Å². The number of anilines is 2. The quantitative estimate of drug-likeness (QED) is 0.439. The van der Waals surface area contributed by atoms with E-state index in [-0.39, 0.29) is 28.5 Å². The Bertz CT molecular complexity index is 1130. The maximum Gasteiger partial charge on any atom is 0.431 e. The number of amides is 1. The number of hydrogen-bond acceptors (Lipinski definition) is 8. The molecular weight excluding hydrogens is 439 g/mol. The number of halogens is 3. The van der Waals surface area contributed by atoms with Crippen molar-refractivity contribution in [1.29, 1.82) is 5.41 Å². The van der Waals surface area contributed by atoms with E-state index in [0.717, 1.165) is 0 Å². The molecule has 0 aliphatic heterocycles. The lowest BCUT2D eigenvalue weighted by atomic mass is 10.1. The number of aromatic nitrogens is 4. The first-order valence-corrected chi connectivity index (χ1v) is 9.55. The summed E-state index contributed by atoms with van der Waals surface area (Å²) in [5.41, 5.74) is -1.14. The molecule has 3 rings (SSSR count). The van der Waals surface area contributed by atoms with Gasteiger partial charge in [0, 0.05) is 30.2 Å². The predicted octanol–water partition coefficient (Wildman–Crippen LogP) is 3.84. The van der Waals surface area contributed by atoms with E-state index in [1.165, 1.54) is 55.0 Å². The fourth-order valence-corrected chi connectivity index (χ4v) is 2.48. The second kappa shape index (κ2) is 10.3. The summed E-state index contributed by atoms with van der Waals surface area (Å²) in [5, 5.41) is 19.9. The van der Waals surface area contributed by atoms with Crippen LogP contribution in [0.15, 0.2) is 66.8 Å². The van der Waals surface area contributed by atoms with Gasteiger partial charge < -0.3 is 20.8 Å². The molecule has 33 heavy (non-hydrogen) atoms. The van der Waals surface area contributed by atoms with E-state index in [0.29, 0.717) is 18.6 Å². The number of nitrogens with zero attached hydrogens (tertiary/aromatic N) is 4. The Labute approximate surface area is 186 Å². The highest BCUT2D eigenvalue weighted by Crippen LogP contribution is 2.27. The van der Waals surface area contributed by atoms with Crippen LogP contribution in [0.2, 0.25) is 0 Å². The molecular formula is C21H18F3N7O2. The maximum atomic E-state index is 13.4. The van der Waals surface area contributed by atoms with Gasteiger partial charge in [0.05, 0.1) is 17.9 Å². The van der Waals surface area contributed by atoms with Gasteiger partial charge in [0.15, 0.2) is 11.6 Å². The smallest absolute Gasteiger partial charge is 0.431 e. The van der Waals surface area contributed by atoms with E-state index in [2.05, 4.69) is 30.8 Å². The second-order valence-electron chi connectivity index (χ2n) is 6.41. The summed E-state index contributed by atoms with van der Waals surface area (Å²) in [6.07, 6.45) is -0.0892. The molecule has 0 aromatic carbocycles. The molecule has 0 atom stereocenters. The molecule has 0 fully saturated rings. The zero-order valence-corrected chi connectivity index (χ0v) is 17.2. The number of alkyl halides is 3. The third-order valence-corrected chi connectivity index (χ3v) is 4.03. The molecule has 0 aliphatic rings. The minimum atomic E-state index is -4.77. The average molecular weight is 457 g/mol. The molecule has 170 valence electrons. The molecule has 9 nitrogen and oxygen atoms in total. The van der Waals surface area contributed by atoms with Crippen LogP contribution in [0.5, 0.6) is 5.88 Å². The Balaban J connectivity index is 1.69. The van der Waals surface area contributed by atoms with Gasteiger partial charge in [-0.3, -0.25) is 9.78 Å². The van der Waals surface area contributed by atoms with E-state index in [4.69, 9.17) is 10.1 Å². The van der Waals surface area contributed by atoms with Crippen molar-refractivity contribution in [3.63, 3.8) is 0 Å². The van der Waals surface area contributed by atoms with Gasteiger partial charge in [0.1, 0.15) is 5.70 Å². The van der Waals surface area contributed by atoms with Crippen molar-refractivity contribution in [3.8, 4) is 5.88 Å². The maximum absolute atomic E-state index is 13.4. The normalized spacial score (nSPS) is 11.6. The number of carbonyl (C=O) groups excluding carboxylic acids is 1. The lowest BCUT2D eigenvalue weighted by Crippen LogP contribution is -2.21. The first-order valence-electron chi connectivity index (χ1n) is 9.55. The SMILES string of the molecule is CCOc1ccc(C(=O)Nc2ccc(N/C(=C\C(=N)c3cccnc3)C(F)(F)F)nn2)cn1. The minimum absolute atomic E-state index is 0.0278. The van der Waals surface area contributed by atoms with Gasteiger partial charge in [-0.15, -0.1) is 10.2 Å². The molecule has 3 aromatic heterocycles. The third-order valence-electron chi connectivity index (χ3n) is 4.03. The Kier molecular flexibility index (Phi) is 7.28. The lowest BCUT2D eigenvalue weighted by molar-refractivity contribution is -0.0901. The largest absolute Gasteiger partial charge is 0.478 e. The summed E-state index contributed by atoms with van der Waals surface area (Å²) in [6.45, 7) is 2.24. The number of carbonyl (C=O) groups is 1. The van der Waals surface area contributed by atoms with Crippen LogP contribution in [-0.2, 0) is 0 Å². The molecule has 0 spiro atoms. The van der Waals surface area contributed by atoms with Gasteiger partial charge in [-0.05, 0) is 43.3 Å². The summed E-state index contributed by atoms with van der Waals surface area (Å²) in [7, 11) is 0. The zero-order chi connectivity index (χ0) is 23.8. The van der Waals surface area contributed by atoms with Crippen molar-refractivity contribution in [2.45, 2.75) is 13.1 Å². The Morgan fingerprint density at radius 3 is 2.33 bits per heavy atom. The standard InChI is InChI=1S/C21H18F3N7O2/c1-2-33-19-8-5-14(12-27-19)20(32)29-18-7-6-17(30-31-18)28-16(21(22,23)24)10-15(25)13-4-3-9-26-11-13/h3-12,25H,2H2,1H3,(H,28,30)(H,29,31,32)/b16-10-,25-15?. The van der Waals surface area contributed by atoms with E-state index in [1.807, 2.05) is 0 Å². The van der Waals surface area contributed by atoms with Crippen molar-refractivity contribution in [2.24, 2.45) is 0 Å². The van der Waals surface area contributed by atoms with Crippen LogP contribution in [0.3, 0.4) is 0 Å². The van der Waals surface area contributed by atoms with Crippen molar-refractivity contribution >= 4 is 23.3 Å². The molecule has 12 heteroatoms. The first kappa shape index (κ1) is 23.3. The summed E-state index contributed by atoms with van der Waals surface area (Å²) in [5.74, 6) is -0.353. The highest BCUT2D eigenvalue weighted by atomic mass is 19.4. The molecule has 0 aliphatic carbocycles. The Hall–Kier alpha value is -4.35. The minimum Gasteiger partial charge on any atom is -0.478 e. The molecule has 0 saturated heterocycles. The highest BCUT2D eigenvalue weighted by Gasteiger charge is 2.34. The number of pyridine rings is 2. The van der Waals surface area contributed by atoms with Crippen molar-refractivity contribution < 1.29 is 22.7 Å². The van der Waals surface area contributed by atoms with Crippen LogP contribution in [-0.4, -0.2) is 44.6 Å². The van der Waals surface area contributed by atoms with Gasteiger partial charge in [-0.1, -0.05) is 0 Å². The van der Waals surface area contributed by atoms with Crippen molar-refractivity contribution in [2.75, 3.05) is 17.2 Å². The van der Waals surface area contributed by atoms with E-state index in [9.17, 15) is 18.0 Å². The van der Waals surface area contributed by atoms with Crippen LogP contribution < -0.4 is 15.4 Å². The predicted molar refractivity (Wildman–Crippen MR) is 114 cm³/mol. The van der Waals surface area contributed by atoms with Gasteiger partial charge in [-0.25, -0.2) is 4.98 Å². The van der Waals surface area contributed by atoms with Crippen LogP contribution in [0.4, 0.5) is 24.8 Å². The van der Waals surface area contributed by atoms with Crippen molar-refractivity contribution in [1.82, 2.24) is 20.2 Å². The van der Waals surface area contributed by atoms with Crippen LogP contribution in [0.1, 0.15) is 22.8 Å². The van der Waals surface area contributed by atoms with E-state index in [1.54, 1.807) is 6.92 Å². The molecule has 3 aromatic rings. The van der Waals surface area contributed by atoms with Gasteiger partial charge in [-0.2, -0.15) is 13.2 Å². The fourth-order valence-electron chi connectivity index (χ4n) is 2.48. The molecule has 0 radical (unpaired) electrons. The first-order chi connectivity index (χ1) is 15.8. The van der Waals surface area contributed by atoms with Crippen LogP contribution in [0.25, 0.3) is 0 Å². The molecule has 0 saturated carbocycles. The average Bonchev–Trinajstić information content (AvgIpc) is 2.80. The molecule has 3 heterocycles. The number of hydrogen-bond donors (Lipinski definition) is 3. The molecule has 0 bridgehead atoms. The molecule has 1 amide bonds. The zero-order valence-electron chi connectivity index (χ0n) is 17.2. The number of allylic oxidation sites excluding steroid dienone is 2. The Morgan fingerprint density at radius 1 is 1.06 bits per heavy atom. The van der Waals surface area contributed by atoms with Crippen LogP contribution >= 0.6 is 0 Å². The molecule has 3 N–H and O–H groups in total. The highest BCUT2D eigenvalue weighted by molar-refractivity contribution is 6.07. The van der Waals surface area contributed by atoms with Gasteiger partial charge in [0.25, 0.3) is 5.91 Å². The lowest BCUT2D eigenvalue weighted by Gasteiger charge is -2.14. The summed E-state index contributed by atoms with van der Waals surface area (Å²) in [6, 6.07) is 8.53. The number of ether oxygens (including phenoxy) is 1. The monoisotopic (exact) mass is 457 g/mol. The Morgan fingerprint density at radius 2 is 1.79 bits per heavy atom. The topological polar surface area (TPSA) is 126 Å².